The van der Waals surface area contributed by atoms with E-state index < -0.39 is 11.9 Å². The number of aromatic nitrogens is 4. The van der Waals surface area contributed by atoms with Crippen LogP contribution in [0.2, 0.25) is 0 Å². The quantitative estimate of drug-likeness (QED) is 0.235. The average molecular weight is 525 g/mol. The number of nitriles is 1. The van der Waals surface area contributed by atoms with Crippen LogP contribution in [0.5, 0.6) is 11.5 Å². The SMILES string of the molecule is CC(Cn1c(=O)n(-c2ccc(Oc3ccccc3)cc2)c2c(N)ncnc21)NC(=O)/C(C#N)=C\C1CCCN1. The van der Waals surface area contributed by atoms with Gasteiger partial charge in [-0.15, -0.1) is 0 Å². The van der Waals surface area contributed by atoms with Gasteiger partial charge < -0.3 is 21.1 Å². The van der Waals surface area contributed by atoms with E-state index >= 15 is 0 Å². The lowest BCUT2D eigenvalue weighted by Crippen LogP contribution is -2.39. The summed E-state index contributed by atoms with van der Waals surface area (Å²) in [5.41, 5.74) is 7.10. The molecular weight excluding hydrogens is 496 g/mol. The van der Waals surface area contributed by atoms with Crippen LogP contribution in [0.25, 0.3) is 16.9 Å². The minimum absolute atomic E-state index is 0.00505. The van der Waals surface area contributed by atoms with Crippen LogP contribution in [0.15, 0.2) is 77.4 Å². The van der Waals surface area contributed by atoms with Crippen LogP contribution in [0, 0.1) is 11.3 Å². The van der Waals surface area contributed by atoms with Crippen molar-refractivity contribution >= 4 is 22.9 Å². The van der Waals surface area contributed by atoms with Gasteiger partial charge in [0.15, 0.2) is 11.5 Å². The Kier molecular flexibility index (Phi) is 7.38. The zero-order valence-electron chi connectivity index (χ0n) is 21.4. The molecule has 2 unspecified atom stereocenters. The van der Waals surface area contributed by atoms with E-state index in [1.807, 2.05) is 36.4 Å². The molecule has 0 bridgehead atoms. The van der Waals surface area contributed by atoms with Crippen molar-refractivity contribution in [1.29, 1.82) is 5.26 Å². The number of imidazole rings is 1. The molecule has 0 spiro atoms. The predicted octanol–water partition coefficient (Wildman–Crippen LogP) is 2.66. The highest BCUT2D eigenvalue weighted by Crippen LogP contribution is 2.25. The summed E-state index contributed by atoms with van der Waals surface area (Å²) in [6, 6.07) is 17.9. The molecule has 4 aromatic rings. The van der Waals surface area contributed by atoms with Gasteiger partial charge in [-0.1, -0.05) is 18.2 Å². The molecule has 39 heavy (non-hydrogen) atoms. The Morgan fingerprint density at radius 1 is 1.23 bits per heavy atom. The lowest BCUT2D eigenvalue weighted by atomic mass is 10.1. The van der Waals surface area contributed by atoms with E-state index in [9.17, 15) is 14.9 Å². The van der Waals surface area contributed by atoms with Gasteiger partial charge in [0, 0.05) is 18.6 Å². The van der Waals surface area contributed by atoms with Gasteiger partial charge in [0.2, 0.25) is 0 Å². The zero-order chi connectivity index (χ0) is 27.4. The third kappa shape index (κ3) is 5.51. The van der Waals surface area contributed by atoms with Crippen molar-refractivity contribution in [3.8, 4) is 23.3 Å². The summed E-state index contributed by atoms with van der Waals surface area (Å²) in [7, 11) is 0. The van der Waals surface area contributed by atoms with Crippen LogP contribution in [0.1, 0.15) is 19.8 Å². The maximum absolute atomic E-state index is 13.6. The molecule has 1 aliphatic rings. The van der Waals surface area contributed by atoms with Gasteiger partial charge >= 0.3 is 5.69 Å². The maximum Gasteiger partial charge on any atom is 0.335 e. The highest BCUT2D eigenvalue weighted by atomic mass is 16.5. The molecule has 3 heterocycles. The fourth-order valence-corrected chi connectivity index (χ4v) is 4.63. The summed E-state index contributed by atoms with van der Waals surface area (Å²) in [4.78, 5) is 34.8. The number of ether oxygens (including phenoxy) is 1. The van der Waals surface area contributed by atoms with Gasteiger partial charge in [0.25, 0.3) is 5.91 Å². The summed E-state index contributed by atoms with van der Waals surface area (Å²) in [5.74, 6) is 0.965. The van der Waals surface area contributed by atoms with Crippen molar-refractivity contribution in [1.82, 2.24) is 29.7 Å². The summed E-state index contributed by atoms with van der Waals surface area (Å²) in [6.07, 6.45) is 4.83. The molecule has 198 valence electrons. The number of para-hydroxylation sites is 1. The lowest BCUT2D eigenvalue weighted by molar-refractivity contribution is -0.117. The molecule has 1 saturated heterocycles. The number of anilines is 1. The van der Waals surface area contributed by atoms with Crippen LogP contribution in [0.4, 0.5) is 5.82 Å². The first kappa shape index (κ1) is 25.7. The molecule has 0 aliphatic carbocycles. The molecule has 0 radical (unpaired) electrons. The van der Waals surface area contributed by atoms with Crippen LogP contribution < -0.4 is 26.8 Å². The molecule has 11 nitrogen and oxygen atoms in total. The zero-order valence-corrected chi connectivity index (χ0v) is 21.4. The highest BCUT2D eigenvalue weighted by molar-refractivity contribution is 5.97. The molecule has 2 aromatic heterocycles. The van der Waals surface area contributed by atoms with E-state index in [1.54, 1.807) is 37.3 Å². The Morgan fingerprint density at radius 2 is 1.97 bits per heavy atom. The second-order valence-corrected chi connectivity index (χ2v) is 9.34. The van der Waals surface area contributed by atoms with E-state index in [0.29, 0.717) is 28.4 Å². The highest BCUT2D eigenvalue weighted by Gasteiger charge is 2.22. The largest absolute Gasteiger partial charge is 0.457 e. The normalized spacial score (nSPS) is 16.1. The summed E-state index contributed by atoms with van der Waals surface area (Å²) in [6.45, 7) is 2.73. The summed E-state index contributed by atoms with van der Waals surface area (Å²) in [5, 5.41) is 15.6. The number of amides is 1. The average Bonchev–Trinajstić information content (AvgIpc) is 3.55. The van der Waals surface area contributed by atoms with Gasteiger partial charge in [0.1, 0.15) is 35.0 Å². The topological polar surface area (TPSA) is 153 Å². The molecule has 11 heteroatoms. The van der Waals surface area contributed by atoms with Crippen LogP contribution in [-0.4, -0.2) is 43.6 Å². The molecule has 5 rings (SSSR count). The van der Waals surface area contributed by atoms with Crippen molar-refractivity contribution in [2.24, 2.45) is 0 Å². The number of benzene rings is 2. The van der Waals surface area contributed by atoms with Crippen molar-refractivity contribution in [2.75, 3.05) is 12.3 Å². The first-order chi connectivity index (χ1) is 18.9. The number of fused-ring (bicyclic) bond motifs is 1. The van der Waals surface area contributed by atoms with Crippen LogP contribution in [-0.2, 0) is 11.3 Å². The Morgan fingerprint density at radius 3 is 2.67 bits per heavy atom. The summed E-state index contributed by atoms with van der Waals surface area (Å²) < 4.78 is 8.75. The molecule has 1 amide bonds. The predicted molar refractivity (Wildman–Crippen MR) is 146 cm³/mol. The van der Waals surface area contributed by atoms with Crippen molar-refractivity contribution in [3.63, 3.8) is 0 Å². The number of rotatable bonds is 8. The van der Waals surface area contributed by atoms with E-state index in [2.05, 4.69) is 20.6 Å². The molecule has 0 saturated carbocycles. The number of nitrogens with two attached hydrogens (primary N) is 1. The van der Waals surface area contributed by atoms with Gasteiger partial charge in [-0.3, -0.25) is 13.9 Å². The first-order valence-corrected chi connectivity index (χ1v) is 12.7. The van der Waals surface area contributed by atoms with Gasteiger partial charge in [-0.05, 0) is 68.8 Å². The third-order valence-electron chi connectivity index (χ3n) is 6.47. The van der Waals surface area contributed by atoms with E-state index in [1.165, 1.54) is 15.5 Å². The summed E-state index contributed by atoms with van der Waals surface area (Å²) >= 11 is 0. The van der Waals surface area contributed by atoms with E-state index in [0.717, 1.165) is 19.4 Å². The monoisotopic (exact) mass is 524 g/mol. The number of nitrogens with zero attached hydrogens (tertiary/aromatic N) is 5. The molecule has 1 fully saturated rings. The first-order valence-electron chi connectivity index (χ1n) is 12.7. The number of hydrogen-bond acceptors (Lipinski definition) is 8. The lowest BCUT2D eigenvalue weighted by Gasteiger charge is -2.14. The number of carbonyl (C=O) groups excluding carboxylic acids is 1. The van der Waals surface area contributed by atoms with Crippen LogP contribution in [0.3, 0.4) is 0 Å². The fraction of sp³-hybridized carbons (Fsp3) is 0.250. The Balaban J connectivity index is 1.41. The second kappa shape index (κ2) is 11.2. The van der Waals surface area contributed by atoms with E-state index in [4.69, 9.17) is 10.5 Å². The van der Waals surface area contributed by atoms with E-state index in [-0.39, 0.29) is 29.7 Å². The van der Waals surface area contributed by atoms with Gasteiger partial charge in [-0.25, -0.2) is 14.8 Å². The minimum atomic E-state index is -0.487. The Labute approximate surface area is 224 Å². The van der Waals surface area contributed by atoms with Gasteiger partial charge in [0.05, 0.1) is 5.69 Å². The minimum Gasteiger partial charge on any atom is -0.457 e. The van der Waals surface area contributed by atoms with Crippen LogP contribution >= 0.6 is 0 Å². The Bertz CT molecular complexity index is 1610. The Hall–Kier alpha value is -4.95. The maximum atomic E-state index is 13.6. The number of carbonyl (C=O) groups is 1. The van der Waals surface area contributed by atoms with Crippen molar-refractivity contribution in [3.05, 3.63) is 83.1 Å². The number of nitrogen functional groups attached to an aromatic ring is 1. The van der Waals surface area contributed by atoms with Crippen molar-refractivity contribution < 1.29 is 9.53 Å². The fourth-order valence-electron chi connectivity index (χ4n) is 4.63. The molecule has 2 atom stereocenters. The molecular formula is C28H28N8O3. The van der Waals surface area contributed by atoms with Gasteiger partial charge in [-0.2, -0.15) is 5.26 Å². The molecule has 4 N–H and O–H groups in total. The molecule has 1 aliphatic heterocycles. The standard InChI is InChI=1S/C28H28N8O3/c1-18(34-27(37)19(15-29)14-20-6-5-13-31-20)16-35-26-24(25(30)32-17-33-26)36(28(35)38)21-9-11-23(12-10-21)39-22-7-3-2-4-8-22/h2-4,7-12,14,17-18,20,31H,5-6,13,16H2,1H3,(H,34,37)(H2,30,32,33)/b19-14-. The molecule has 2 aromatic carbocycles. The second-order valence-electron chi connectivity index (χ2n) is 9.34. The number of hydrogen-bond donors (Lipinski definition) is 3. The van der Waals surface area contributed by atoms with Crippen molar-refractivity contribution in [2.45, 2.75) is 38.4 Å². The smallest absolute Gasteiger partial charge is 0.335 e. The third-order valence-corrected chi connectivity index (χ3v) is 6.47. The number of nitrogens with one attached hydrogen (secondary N) is 2.